The van der Waals surface area contributed by atoms with Gasteiger partial charge in [0.25, 0.3) is 0 Å². The maximum absolute atomic E-state index is 12.4. The van der Waals surface area contributed by atoms with Gasteiger partial charge in [-0.2, -0.15) is 11.8 Å². The lowest BCUT2D eigenvalue weighted by molar-refractivity contribution is -0.139. The highest BCUT2D eigenvalue weighted by molar-refractivity contribution is 8.00. The molecule has 1 saturated heterocycles. The maximum atomic E-state index is 12.4. The van der Waals surface area contributed by atoms with Crippen LogP contribution in [0.15, 0.2) is 0 Å². The Morgan fingerprint density at radius 2 is 1.94 bits per heavy atom. The van der Waals surface area contributed by atoms with E-state index in [9.17, 15) is 24.3 Å². The molecule has 5 atom stereocenters. The molecular weight excluding hydrogens is 430 g/mol. The molecule has 1 aliphatic heterocycles. The molecule has 31 heavy (non-hydrogen) atoms. The second-order valence-electron chi connectivity index (χ2n) is 7.45. The summed E-state index contributed by atoms with van der Waals surface area (Å²) in [4.78, 5) is 46.1. The Morgan fingerprint density at radius 3 is 2.55 bits per heavy atom. The van der Waals surface area contributed by atoms with Crippen molar-refractivity contribution in [3.63, 3.8) is 0 Å². The summed E-state index contributed by atoms with van der Waals surface area (Å²) in [5.41, 5.74) is 5.39. The van der Waals surface area contributed by atoms with E-state index < -0.39 is 48.7 Å². The number of carboxylic acids is 2. The van der Waals surface area contributed by atoms with Crippen LogP contribution in [0, 0.1) is 0 Å². The predicted octanol–water partition coefficient (Wildman–Crippen LogP) is -0.346. The molecule has 178 valence electrons. The number of hydrogen-bond donors (Lipinski definition) is 6. The molecule has 1 unspecified atom stereocenters. The number of nitrogens with two attached hydrogens (primary N) is 1. The Labute approximate surface area is 185 Å². The van der Waals surface area contributed by atoms with E-state index in [4.69, 9.17) is 20.7 Å². The third-order valence-corrected chi connectivity index (χ3v) is 6.26. The zero-order chi connectivity index (χ0) is 23.4. The zero-order valence-corrected chi connectivity index (χ0v) is 18.4. The van der Waals surface area contributed by atoms with Crippen molar-refractivity contribution < 1.29 is 39.2 Å². The van der Waals surface area contributed by atoms with Crippen molar-refractivity contribution in [1.82, 2.24) is 10.6 Å². The van der Waals surface area contributed by atoms with Gasteiger partial charge < -0.3 is 36.4 Å². The second kappa shape index (κ2) is 14.2. The average Bonchev–Trinajstić information content (AvgIpc) is 3.06. The van der Waals surface area contributed by atoms with Crippen LogP contribution >= 0.6 is 11.8 Å². The van der Waals surface area contributed by atoms with Crippen molar-refractivity contribution in [2.75, 3.05) is 12.3 Å². The zero-order valence-electron chi connectivity index (χ0n) is 17.6. The standard InChI is InChI=1S/C19H33N3O8S/c1-2-3-4-5-13-14(8-17(26)30-13)31-10-12(18(27)21-9-16(24)25)22-15(23)7-6-11(20)19(28)29/h11-14,17,26H,2-10,20H2,1H3,(H,21,27)(H,22,23)(H,24,25)(H,28,29)/t11-,12-,13+,14-,17?/m0/s1. The normalized spacial score (nSPS) is 22.5. The first kappa shape index (κ1) is 27.1. The van der Waals surface area contributed by atoms with E-state index in [1.54, 1.807) is 0 Å². The minimum Gasteiger partial charge on any atom is -0.480 e. The third-order valence-electron chi connectivity index (χ3n) is 4.81. The molecule has 0 bridgehead atoms. The van der Waals surface area contributed by atoms with Crippen LogP contribution in [0.5, 0.6) is 0 Å². The number of amides is 2. The van der Waals surface area contributed by atoms with Crippen LogP contribution in [0.1, 0.15) is 51.9 Å². The Morgan fingerprint density at radius 1 is 1.23 bits per heavy atom. The van der Waals surface area contributed by atoms with Crippen LogP contribution in [0.3, 0.4) is 0 Å². The van der Waals surface area contributed by atoms with Gasteiger partial charge in [0.05, 0.1) is 6.10 Å². The van der Waals surface area contributed by atoms with Crippen molar-refractivity contribution in [1.29, 1.82) is 0 Å². The van der Waals surface area contributed by atoms with Crippen molar-refractivity contribution >= 4 is 35.5 Å². The van der Waals surface area contributed by atoms with Crippen LogP contribution in [0.2, 0.25) is 0 Å². The van der Waals surface area contributed by atoms with E-state index in [1.165, 1.54) is 11.8 Å². The number of carbonyl (C=O) groups is 4. The minimum absolute atomic E-state index is 0.0704. The van der Waals surface area contributed by atoms with E-state index in [0.717, 1.165) is 25.7 Å². The first-order chi connectivity index (χ1) is 14.6. The number of rotatable bonds is 15. The molecular formula is C19H33N3O8S. The summed E-state index contributed by atoms with van der Waals surface area (Å²) in [5.74, 6) is -3.52. The lowest BCUT2D eigenvalue weighted by Gasteiger charge is -2.22. The Bertz CT molecular complexity index is 621. The molecule has 11 nitrogen and oxygen atoms in total. The highest BCUT2D eigenvalue weighted by Gasteiger charge is 2.35. The van der Waals surface area contributed by atoms with Gasteiger partial charge in [-0.1, -0.05) is 26.2 Å². The van der Waals surface area contributed by atoms with E-state index in [2.05, 4.69) is 17.6 Å². The molecule has 1 heterocycles. The summed E-state index contributed by atoms with van der Waals surface area (Å²) in [7, 11) is 0. The topological polar surface area (TPSA) is 188 Å². The molecule has 0 spiro atoms. The number of ether oxygens (including phenoxy) is 1. The smallest absolute Gasteiger partial charge is 0.322 e. The molecule has 12 heteroatoms. The number of carboxylic acid groups (broad SMARTS) is 2. The predicted molar refractivity (Wildman–Crippen MR) is 113 cm³/mol. The average molecular weight is 464 g/mol. The van der Waals surface area contributed by atoms with Gasteiger partial charge in [-0.05, 0) is 12.8 Å². The van der Waals surface area contributed by atoms with Crippen molar-refractivity contribution in [3.8, 4) is 0 Å². The first-order valence-electron chi connectivity index (χ1n) is 10.4. The molecule has 0 aromatic heterocycles. The summed E-state index contributed by atoms with van der Waals surface area (Å²) in [6, 6.07) is -2.22. The molecule has 0 radical (unpaired) electrons. The first-order valence-corrected chi connectivity index (χ1v) is 11.4. The molecule has 1 rings (SSSR count). The van der Waals surface area contributed by atoms with Gasteiger partial charge in [0, 0.05) is 23.8 Å². The molecule has 0 aromatic rings. The lowest BCUT2D eigenvalue weighted by atomic mass is 10.1. The van der Waals surface area contributed by atoms with Gasteiger partial charge in [0.1, 0.15) is 18.6 Å². The monoisotopic (exact) mass is 463 g/mol. The molecule has 2 amide bonds. The van der Waals surface area contributed by atoms with Gasteiger partial charge in [-0.3, -0.25) is 19.2 Å². The molecule has 1 fully saturated rings. The van der Waals surface area contributed by atoms with Crippen LogP contribution in [-0.2, 0) is 23.9 Å². The summed E-state index contributed by atoms with van der Waals surface area (Å²) in [6.45, 7) is 1.49. The molecule has 0 aromatic carbocycles. The van der Waals surface area contributed by atoms with Crippen molar-refractivity contribution in [3.05, 3.63) is 0 Å². The molecule has 0 saturated carbocycles. The SMILES string of the molecule is CCCCC[C@H]1OC(O)C[C@@H]1SC[C@H](NC(=O)CC[C@H](N)C(=O)O)C(=O)NCC(=O)O. The van der Waals surface area contributed by atoms with Gasteiger partial charge >= 0.3 is 11.9 Å². The fourth-order valence-electron chi connectivity index (χ4n) is 3.09. The third kappa shape index (κ3) is 10.8. The molecule has 7 N–H and O–H groups in total. The van der Waals surface area contributed by atoms with Gasteiger partial charge in [-0.25, -0.2) is 0 Å². The number of aliphatic carboxylic acids is 2. The van der Waals surface area contributed by atoms with Crippen molar-refractivity contribution in [2.45, 2.75) is 81.6 Å². The Balaban J connectivity index is 2.67. The molecule has 1 aliphatic rings. The largest absolute Gasteiger partial charge is 0.480 e. The maximum Gasteiger partial charge on any atom is 0.322 e. The second-order valence-corrected chi connectivity index (χ2v) is 8.72. The number of aliphatic hydroxyl groups excluding tert-OH is 1. The Hall–Kier alpha value is -1.89. The van der Waals surface area contributed by atoms with Crippen LogP contribution in [0.25, 0.3) is 0 Å². The number of hydrogen-bond acceptors (Lipinski definition) is 8. The summed E-state index contributed by atoms with van der Waals surface area (Å²) >= 11 is 1.37. The van der Waals surface area contributed by atoms with E-state index >= 15 is 0 Å². The quantitative estimate of drug-likeness (QED) is 0.175. The Kier molecular flexibility index (Phi) is 12.5. The number of thioether (sulfide) groups is 1. The lowest BCUT2D eigenvalue weighted by Crippen LogP contribution is -2.50. The fourth-order valence-corrected chi connectivity index (χ4v) is 4.48. The van der Waals surface area contributed by atoms with Gasteiger partial charge in [0.15, 0.2) is 6.29 Å². The number of carbonyl (C=O) groups excluding carboxylic acids is 2. The number of aliphatic hydroxyl groups is 1. The minimum atomic E-state index is -1.23. The fraction of sp³-hybridized carbons (Fsp3) is 0.789. The van der Waals surface area contributed by atoms with E-state index in [1.807, 2.05) is 0 Å². The van der Waals surface area contributed by atoms with E-state index in [-0.39, 0.29) is 29.9 Å². The summed E-state index contributed by atoms with van der Waals surface area (Å²) in [5, 5.41) is 32.1. The van der Waals surface area contributed by atoms with Gasteiger partial charge in [0.2, 0.25) is 11.8 Å². The van der Waals surface area contributed by atoms with Crippen LogP contribution in [-0.4, -0.2) is 81.1 Å². The van der Waals surface area contributed by atoms with Crippen molar-refractivity contribution in [2.24, 2.45) is 5.73 Å². The van der Waals surface area contributed by atoms with E-state index in [0.29, 0.717) is 6.42 Å². The van der Waals surface area contributed by atoms with Crippen LogP contribution in [0.4, 0.5) is 0 Å². The van der Waals surface area contributed by atoms with Crippen LogP contribution < -0.4 is 16.4 Å². The summed E-state index contributed by atoms with van der Waals surface area (Å²) in [6.07, 6.45) is 2.89. The highest BCUT2D eigenvalue weighted by Crippen LogP contribution is 2.33. The number of nitrogens with one attached hydrogen (secondary N) is 2. The highest BCUT2D eigenvalue weighted by atomic mass is 32.2. The molecule has 0 aliphatic carbocycles. The van der Waals surface area contributed by atoms with Gasteiger partial charge in [-0.15, -0.1) is 0 Å². The summed E-state index contributed by atoms with van der Waals surface area (Å²) < 4.78 is 5.56. The number of unbranched alkanes of at least 4 members (excludes halogenated alkanes) is 2.